The first-order valence-electron chi connectivity index (χ1n) is 10.7. The fourth-order valence-electron chi connectivity index (χ4n) is 2.91. The number of carboxylic acids is 1. The molecule has 0 unspecified atom stereocenters. The number of ether oxygens (including phenoxy) is 1. The molecule has 3 N–H and O–H groups in total. The molecule has 0 heterocycles. The number of carbonyl (C=O) groups is 3. The minimum atomic E-state index is -1.17. The number of rotatable bonds is 18. The van der Waals surface area contributed by atoms with Crippen molar-refractivity contribution in [2.75, 3.05) is 0 Å². The van der Waals surface area contributed by atoms with Crippen LogP contribution in [0.15, 0.2) is 0 Å². The van der Waals surface area contributed by atoms with Gasteiger partial charge in [0.1, 0.15) is 6.04 Å². The maximum absolute atomic E-state index is 11.5. The molecule has 0 aromatic rings. The summed E-state index contributed by atoms with van der Waals surface area (Å²) in [5, 5.41) is 8.62. The minimum absolute atomic E-state index is 0.0276. The van der Waals surface area contributed by atoms with E-state index in [-0.39, 0.29) is 19.3 Å². The lowest BCUT2D eigenvalue weighted by molar-refractivity contribution is -0.159. The van der Waals surface area contributed by atoms with Crippen LogP contribution in [0.25, 0.3) is 0 Å². The zero-order valence-corrected chi connectivity index (χ0v) is 17.0. The van der Waals surface area contributed by atoms with Crippen molar-refractivity contribution in [3.8, 4) is 0 Å². The van der Waals surface area contributed by atoms with Crippen molar-refractivity contribution in [3.05, 3.63) is 0 Å². The smallest absolute Gasteiger partial charge is 0.320 e. The maximum Gasteiger partial charge on any atom is 0.320 e. The van der Waals surface area contributed by atoms with Crippen molar-refractivity contribution >= 4 is 17.9 Å². The Hall–Kier alpha value is -1.43. The molecule has 0 saturated carbocycles. The molecule has 0 aromatic carbocycles. The van der Waals surface area contributed by atoms with E-state index < -0.39 is 23.9 Å². The van der Waals surface area contributed by atoms with Gasteiger partial charge >= 0.3 is 17.9 Å². The predicted molar refractivity (Wildman–Crippen MR) is 106 cm³/mol. The SMILES string of the molecule is CCCCCCCCCCCCCCCC(=O)OC(=O)CC[C@@H](N)C(=O)O. The molecule has 0 saturated heterocycles. The molecule has 0 rings (SSSR count). The molecule has 6 heteroatoms. The Bertz CT molecular complexity index is 411. The summed E-state index contributed by atoms with van der Waals surface area (Å²) in [5.41, 5.74) is 5.29. The van der Waals surface area contributed by atoms with E-state index in [4.69, 9.17) is 10.8 Å². The second-order valence-electron chi connectivity index (χ2n) is 7.32. The third-order valence-corrected chi connectivity index (χ3v) is 4.69. The van der Waals surface area contributed by atoms with Crippen LogP contribution in [0.5, 0.6) is 0 Å². The number of nitrogens with two attached hydrogens (primary N) is 1. The van der Waals surface area contributed by atoms with E-state index in [1.807, 2.05) is 0 Å². The minimum Gasteiger partial charge on any atom is -0.480 e. The first kappa shape index (κ1) is 25.6. The Morgan fingerprint density at radius 2 is 1.15 bits per heavy atom. The van der Waals surface area contributed by atoms with Gasteiger partial charge in [0, 0.05) is 12.8 Å². The molecular formula is C21H39NO5. The molecule has 1 atom stereocenters. The lowest BCUT2D eigenvalue weighted by atomic mass is 10.0. The zero-order chi connectivity index (χ0) is 20.3. The van der Waals surface area contributed by atoms with Crippen LogP contribution in [0.4, 0.5) is 0 Å². The highest BCUT2D eigenvalue weighted by Crippen LogP contribution is 2.13. The molecular weight excluding hydrogens is 346 g/mol. The number of carboxylic acid groups (broad SMARTS) is 1. The number of aliphatic carboxylic acids is 1. The molecule has 0 aliphatic rings. The predicted octanol–water partition coefficient (Wildman–Crippen LogP) is 4.73. The van der Waals surface area contributed by atoms with Crippen LogP contribution in [0.1, 0.15) is 110 Å². The van der Waals surface area contributed by atoms with Crippen LogP contribution in [0.3, 0.4) is 0 Å². The van der Waals surface area contributed by atoms with Gasteiger partial charge < -0.3 is 15.6 Å². The summed E-state index contributed by atoms with van der Waals surface area (Å²) in [6.07, 6.45) is 16.0. The number of carbonyl (C=O) groups excluding carboxylic acids is 2. The molecule has 158 valence electrons. The van der Waals surface area contributed by atoms with Crippen LogP contribution in [0.2, 0.25) is 0 Å². The number of unbranched alkanes of at least 4 members (excludes halogenated alkanes) is 12. The van der Waals surface area contributed by atoms with Crippen LogP contribution >= 0.6 is 0 Å². The van der Waals surface area contributed by atoms with Crippen molar-refractivity contribution in [3.63, 3.8) is 0 Å². The molecule has 0 radical (unpaired) electrons. The average molecular weight is 386 g/mol. The number of hydrogen-bond acceptors (Lipinski definition) is 5. The van der Waals surface area contributed by atoms with E-state index in [0.717, 1.165) is 19.3 Å². The highest BCUT2D eigenvalue weighted by molar-refractivity contribution is 5.85. The summed E-state index contributed by atoms with van der Waals surface area (Å²) < 4.78 is 4.66. The molecule has 0 aliphatic carbocycles. The van der Waals surface area contributed by atoms with Gasteiger partial charge in [-0.25, -0.2) is 0 Å². The van der Waals surface area contributed by atoms with Crippen LogP contribution in [-0.4, -0.2) is 29.1 Å². The fraction of sp³-hybridized carbons (Fsp3) is 0.857. The molecule has 6 nitrogen and oxygen atoms in total. The second-order valence-corrected chi connectivity index (χ2v) is 7.32. The van der Waals surface area contributed by atoms with E-state index in [1.165, 1.54) is 64.2 Å². The summed E-state index contributed by atoms with van der Waals surface area (Å²) in [7, 11) is 0. The Kier molecular flexibility index (Phi) is 17.0. The molecule has 0 fully saturated rings. The topological polar surface area (TPSA) is 107 Å². The van der Waals surface area contributed by atoms with Crippen molar-refractivity contribution in [2.45, 2.75) is 116 Å². The van der Waals surface area contributed by atoms with E-state index in [2.05, 4.69) is 11.7 Å². The first-order valence-corrected chi connectivity index (χ1v) is 10.7. The van der Waals surface area contributed by atoms with Gasteiger partial charge in [-0.15, -0.1) is 0 Å². The van der Waals surface area contributed by atoms with E-state index in [1.54, 1.807) is 0 Å². The standard InChI is InChI=1S/C21H39NO5/c1-2-3-4-5-6-7-8-9-10-11-12-13-14-15-19(23)27-20(24)17-16-18(22)21(25)26/h18H,2-17,22H2,1H3,(H,25,26)/t18-/m1/s1. The van der Waals surface area contributed by atoms with Crippen molar-refractivity contribution in [1.82, 2.24) is 0 Å². The molecule has 0 aromatic heterocycles. The van der Waals surface area contributed by atoms with Crippen molar-refractivity contribution in [1.29, 1.82) is 0 Å². The highest BCUT2D eigenvalue weighted by Gasteiger charge is 2.16. The Labute approximate surface area is 164 Å². The third-order valence-electron chi connectivity index (χ3n) is 4.69. The zero-order valence-electron chi connectivity index (χ0n) is 17.0. The molecule has 0 aliphatic heterocycles. The van der Waals surface area contributed by atoms with Gasteiger partial charge in [0.2, 0.25) is 0 Å². The molecule has 0 bridgehead atoms. The van der Waals surface area contributed by atoms with Gasteiger partial charge in [0.15, 0.2) is 0 Å². The monoisotopic (exact) mass is 385 g/mol. The summed E-state index contributed by atoms with van der Waals surface area (Å²) in [4.78, 5) is 33.5. The van der Waals surface area contributed by atoms with Crippen molar-refractivity contribution < 1.29 is 24.2 Å². The van der Waals surface area contributed by atoms with Crippen LogP contribution in [-0.2, 0) is 19.1 Å². The quantitative estimate of drug-likeness (QED) is 0.201. The highest BCUT2D eigenvalue weighted by atomic mass is 16.6. The largest absolute Gasteiger partial charge is 0.480 e. The van der Waals surface area contributed by atoms with E-state index in [0.29, 0.717) is 0 Å². The summed E-state index contributed by atoms with van der Waals surface area (Å²) in [6, 6.07) is -1.10. The second kappa shape index (κ2) is 18.0. The number of esters is 2. The van der Waals surface area contributed by atoms with Crippen molar-refractivity contribution in [2.24, 2.45) is 5.73 Å². The third kappa shape index (κ3) is 17.7. The van der Waals surface area contributed by atoms with Gasteiger partial charge in [0.05, 0.1) is 0 Å². The summed E-state index contributed by atoms with van der Waals surface area (Å²) >= 11 is 0. The van der Waals surface area contributed by atoms with E-state index in [9.17, 15) is 14.4 Å². The lowest BCUT2D eigenvalue weighted by Crippen LogP contribution is -2.30. The Balaban J connectivity index is 3.38. The lowest BCUT2D eigenvalue weighted by Gasteiger charge is -2.06. The molecule has 0 amide bonds. The summed E-state index contributed by atoms with van der Waals surface area (Å²) in [5.74, 6) is -2.40. The first-order chi connectivity index (χ1) is 13.0. The van der Waals surface area contributed by atoms with Gasteiger partial charge in [-0.1, -0.05) is 84.0 Å². The van der Waals surface area contributed by atoms with Gasteiger partial charge in [-0.2, -0.15) is 0 Å². The van der Waals surface area contributed by atoms with Crippen LogP contribution in [0, 0.1) is 0 Å². The van der Waals surface area contributed by atoms with Gasteiger partial charge in [-0.3, -0.25) is 14.4 Å². The summed E-state index contributed by atoms with van der Waals surface area (Å²) in [6.45, 7) is 2.24. The van der Waals surface area contributed by atoms with Gasteiger partial charge in [-0.05, 0) is 12.8 Å². The van der Waals surface area contributed by atoms with Gasteiger partial charge in [0.25, 0.3) is 0 Å². The molecule has 27 heavy (non-hydrogen) atoms. The van der Waals surface area contributed by atoms with Crippen LogP contribution < -0.4 is 5.73 Å². The number of hydrogen-bond donors (Lipinski definition) is 2. The Morgan fingerprint density at radius 3 is 1.59 bits per heavy atom. The average Bonchev–Trinajstić information content (AvgIpc) is 2.63. The van der Waals surface area contributed by atoms with E-state index >= 15 is 0 Å². The Morgan fingerprint density at radius 1 is 0.741 bits per heavy atom. The maximum atomic E-state index is 11.5. The fourth-order valence-corrected chi connectivity index (χ4v) is 2.91. The molecule has 0 spiro atoms. The normalized spacial score (nSPS) is 11.9.